The van der Waals surface area contributed by atoms with Crippen molar-refractivity contribution in [1.82, 2.24) is 4.98 Å². The van der Waals surface area contributed by atoms with Crippen molar-refractivity contribution >= 4 is 17.4 Å². The molecular weight excluding hydrogens is 198 g/mol. The first-order chi connectivity index (χ1) is 6.77. The van der Waals surface area contributed by atoms with Gasteiger partial charge in [0.05, 0.1) is 5.02 Å². The number of pyridine rings is 1. The standard InChI is InChI=1S/C10H12ClN3/c11-8-2-1-3-13-10(8)14-4-6-7(5-14)9(6)12/h1-3,6-7,9H,4-5,12H2/t6-,7+,9?. The van der Waals surface area contributed by atoms with Crippen molar-refractivity contribution in [3.05, 3.63) is 23.4 Å². The van der Waals surface area contributed by atoms with Gasteiger partial charge in [-0.3, -0.25) is 0 Å². The number of piperidine rings is 1. The second-order valence-corrected chi connectivity index (χ2v) is 4.53. The van der Waals surface area contributed by atoms with Crippen LogP contribution in [0.1, 0.15) is 0 Å². The zero-order valence-electron chi connectivity index (χ0n) is 7.73. The first-order valence-corrected chi connectivity index (χ1v) is 5.26. The lowest BCUT2D eigenvalue weighted by molar-refractivity contribution is 0.735. The Kier molecular flexibility index (Phi) is 1.73. The molecular formula is C10H12ClN3. The minimum absolute atomic E-state index is 0.425. The number of fused-ring (bicyclic) bond motifs is 1. The molecule has 1 aliphatic heterocycles. The Morgan fingerprint density at radius 1 is 1.43 bits per heavy atom. The maximum atomic E-state index is 6.07. The summed E-state index contributed by atoms with van der Waals surface area (Å²) in [5, 5.41) is 0.738. The Morgan fingerprint density at radius 2 is 2.14 bits per heavy atom. The van der Waals surface area contributed by atoms with Crippen molar-refractivity contribution < 1.29 is 0 Å². The summed E-state index contributed by atoms with van der Waals surface area (Å²) in [4.78, 5) is 6.53. The van der Waals surface area contributed by atoms with Gasteiger partial charge in [-0.1, -0.05) is 11.6 Å². The predicted octanol–water partition coefficient (Wildman–Crippen LogP) is 1.13. The van der Waals surface area contributed by atoms with Gasteiger partial charge in [0.25, 0.3) is 0 Å². The van der Waals surface area contributed by atoms with Gasteiger partial charge in [0, 0.05) is 25.3 Å². The number of nitrogens with zero attached hydrogens (tertiary/aromatic N) is 2. The molecule has 1 unspecified atom stereocenters. The largest absolute Gasteiger partial charge is 0.355 e. The fraction of sp³-hybridized carbons (Fsp3) is 0.500. The molecule has 0 amide bonds. The van der Waals surface area contributed by atoms with Gasteiger partial charge in [-0.15, -0.1) is 0 Å². The molecule has 0 spiro atoms. The molecule has 0 radical (unpaired) electrons. The molecule has 1 aromatic rings. The molecule has 4 heteroatoms. The second kappa shape index (κ2) is 2.84. The van der Waals surface area contributed by atoms with E-state index < -0.39 is 0 Å². The molecule has 2 N–H and O–H groups in total. The number of halogens is 1. The number of hydrogen-bond donors (Lipinski definition) is 1. The van der Waals surface area contributed by atoms with E-state index in [0.29, 0.717) is 17.9 Å². The maximum Gasteiger partial charge on any atom is 0.147 e. The van der Waals surface area contributed by atoms with Gasteiger partial charge in [-0.25, -0.2) is 4.98 Å². The summed E-state index contributed by atoms with van der Waals surface area (Å²) in [5.74, 6) is 2.26. The summed E-state index contributed by atoms with van der Waals surface area (Å²) < 4.78 is 0. The maximum absolute atomic E-state index is 6.07. The summed E-state index contributed by atoms with van der Waals surface area (Å²) in [6, 6.07) is 4.16. The minimum Gasteiger partial charge on any atom is -0.355 e. The van der Waals surface area contributed by atoms with Gasteiger partial charge in [-0.05, 0) is 24.0 Å². The summed E-state index contributed by atoms with van der Waals surface area (Å²) >= 11 is 6.07. The van der Waals surface area contributed by atoms with Crippen LogP contribution in [-0.2, 0) is 0 Å². The number of hydrogen-bond acceptors (Lipinski definition) is 3. The van der Waals surface area contributed by atoms with Crippen LogP contribution in [0.15, 0.2) is 18.3 Å². The summed E-state index contributed by atoms with van der Waals surface area (Å²) in [5.41, 5.74) is 5.87. The molecule has 2 heterocycles. The molecule has 3 nitrogen and oxygen atoms in total. The zero-order chi connectivity index (χ0) is 9.71. The summed E-state index contributed by atoms with van der Waals surface area (Å²) in [6.07, 6.45) is 1.78. The van der Waals surface area contributed by atoms with Crippen molar-refractivity contribution in [2.24, 2.45) is 17.6 Å². The normalized spacial score (nSPS) is 34.4. The fourth-order valence-electron chi connectivity index (χ4n) is 2.36. The Morgan fingerprint density at radius 3 is 2.79 bits per heavy atom. The van der Waals surface area contributed by atoms with Gasteiger partial charge in [-0.2, -0.15) is 0 Å². The highest BCUT2D eigenvalue weighted by molar-refractivity contribution is 6.32. The van der Waals surface area contributed by atoms with Gasteiger partial charge in [0.15, 0.2) is 0 Å². The lowest BCUT2D eigenvalue weighted by Crippen LogP contribution is -2.28. The van der Waals surface area contributed by atoms with Crippen molar-refractivity contribution in [1.29, 1.82) is 0 Å². The highest BCUT2D eigenvalue weighted by Crippen LogP contribution is 2.45. The SMILES string of the molecule is NC1[C@H]2CN(c3ncccc3Cl)C[C@@H]12. The van der Waals surface area contributed by atoms with E-state index >= 15 is 0 Å². The minimum atomic E-state index is 0.425. The third-order valence-electron chi connectivity index (χ3n) is 3.30. The molecule has 1 saturated heterocycles. The van der Waals surface area contributed by atoms with E-state index in [2.05, 4.69) is 9.88 Å². The average Bonchev–Trinajstić information content (AvgIpc) is 2.66. The van der Waals surface area contributed by atoms with E-state index in [-0.39, 0.29) is 0 Å². The molecule has 0 aromatic carbocycles. The van der Waals surface area contributed by atoms with Crippen LogP contribution in [0.3, 0.4) is 0 Å². The lowest BCUT2D eigenvalue weighted by Gasteiger charge is -2.20. The van der Waals surface area contributed by atoms with Crippen LogP contribution in [0, 0.1) is 11.8 Å². The lowest BCUT2D eigenvalue weighted by atomic mass is 10.3. The fourth-order valence-corrected chi connectivity index (χ4v) is 2.60. The zero-order valence-corrected chi connectivity index (χ0v) is 8.48. The molecule has 74 valence electrons. The Balaban J connectivity index is 1.82. The first-order valence-electron chi connectivity index (χ1n) is 4.88. The van der Waals surface area contributed by atoms with Crippen LogP contribution in [-0.4, -0.2) is 24.1 Å². The van der Waals surface area contributed by atoms with Crippen LogP contribution in [0.25, 0.3) is 0 Å². The van der Waals surface area contributed by atoms with E-state index in [1.54, 1.807) is 6.20 Å². The molecule has 1 saturated carbocycles. The van der Waals surface area contributed by atoms with Crippen LogP contribution in [0.2, 0.25) is 5.02 Å². The first kappa shape index (κ1) is 8.50. The van der Waals surface area contributed by atoms with Crippen LogP contribution in [0.4, 0.5) is 5.82 Å². The molecule has 2 fully saturated rings. The molecule has 2 aliphatic rings. The Bertz CT molecular complexity index is 356. The van der Waals surface area contributed by atoms with E-state index in [0.717, 1.165) is 23.9 Å². The monoisotopic (exact) mass is 209 g/mol. The van der Waals surface area contributed by atoms with E-state index in [1.807, 2.05) is 12.1 Å². The Hall–Kier alpha value is -0.800. The van der Waals surface area contributed by atoms with Crippen LogP contribution in [0.5, 0.6) is 0 Å². The summed E-state index contributed by atoms with van der Waals surface area (Å²) in [6.45, 7) is 2.03. The van der Waals surface area contributed by atoms with Crippen LogP contribution >= 0.6 is 11.6 Å². The molecule has 0 bridgehead atoms. The number of anilines is 1. The van der Waals surface area contributed by atoms with Gasteiger partial charge >= 0.3 is 0 Å². The predicted molar refractivity (Wildman–Crippen MR) is 56.4 cm³/mol. The highest BCUT2D eigenvalue weighted by atomic mass is 35.5. The third kappa shape index (κ3) is 1.12. The highest BCUT2D eigenvalue weighted by Gasteiger charge is 2.54. The third-order valence-corrected chi connectivity index (χ3v) is 3.59. The number of nitrogens with two attached hydrogens (primary N) is 1. The quantitative estimate of drug-likeness (QED) is 0.754. The second-order valence-electron chi connectivity index (χ2n) is 4.12. The molecule has 14 heavy (non-hydrogen) atoms. The van der Waals surface area contributed by atoms with Gasteiger partial charge < -0.3 is 10.6 Å². The molecule has 3 rings (SSSR count). The molecule has 1 aliphatic carbocycles. The summed E-state index contributed by atoms with van der Waals surface area (Å²) in [7, 11) is 0. The topological polar surface area (TPSA) is 42.1 Å². The molecule has 1 aromatic heterocycles. The smallest absolute Gasteiger partial charge is 0.147 e. The van der Waals surface area contributed by atoms with Crippen molar-refractivity contribution in [2.45, 2.75) is 6.04 Å². The van der Waals surface area contributed by atoms with Crippen molar-refractivity contribution in [3.8, 4) is 0 Å². The number of aromatic nitrogens is 1. The van der Waals surface area contributed by atoms with Gasteiger partial charge in [0.2, 0.25) is 0 Å². The Labute approximate surface area is 87.9 Å². The van der Waals surface area contributed by atoms with E-state index in [4.69, 9.17) is 17.3 Å². The van der Waals surface area contributed by atoms with Crippen molar-refractivity contribution in [2.75, 3.05) is 18.0 Å². The van der Waals surface area contributed by atoms with Gasteiger partial charge in [0.1, 0.15) is 5.82 Å². The van der Waals surface area contributed by atoms with Crippen molar-refractivity contribution in [3.63, 3.8) is 0 Å². The number of rotatable bonds is 1. The average molecular weight is 210 g/mol. The van der Waals surface area contributed by atoms with E-state index in [9.17, 15) is 0 Å². The van der Waals surface area contributed by atoms with E-state index in [1.165, 1.54) is 0 Å². The van der Waals surface area contributed by atoms with Crippen LogP contribution < -0.4 is 10.6 Å². The molecule has 3 atom stereocenters.